The Morgan fingerprint density at radius 1 is 1.50 bits per heavy atom. The molecule has 0 unspecified atom stereocenters. The van der Waals surface area contributed by atoms with Gasteiger partial charge in [-0.3, -0.25) is 9.88 Å². The van der Waals surface area contributed by atoms with Gasteiger partial charge in [-0.15, -0.1) is 0 Å². The molecule has 16 heavy (non-hydrogen) atoms. The molecule has 0 radical (unpaired) electrons. The zero-order valence-electron chi connectivity index (χ0n) is 9.82. The van der Waals surface area contributed by atoms with Crippen molar-refractivity contribution in [3.05, 3.63) is 29.0 Å². The fraction of sp³-hybridized carbons (Fsp3) is 0.615. The van der Waals surface area contributed by atoms with Gasteiger partial charge in [-0.1, -0.05) is 24.9 Å². The van der Waals surface area contributed by atoms with E-state index < -0.39 is 0 Å². The van der Waals surface area contributed by atoms with Crippen LogP contribution in [0.4, 0.5) is 0 Å². The lowest BCUT2D eigenvalue weighted by molar-refractivity contribution is 0.177. The van der Waals surface area contributed by atoms with Gasteiger partial charge in [-0.2, -0.15) is 0 Å². The molecule has 2 rings (SSSR count). The Hall–Kier alpha value is -0.600. The first kappa shape index (κ1) is 11.9. The third kappa shape index (κ3) is 3.19. The van der Waals surface area contributed by atoms with Crippen molar-refractivity contribution in [2.75, 3.05) is 13.1 Å². The van der Waals surface area contributed by atoms with E-state index in [1.165, 1.54) is 25.8 Å². The summed E-state index contributed by atoms with van der Waals surface area (Å²) in [6.45, 7) is 5.44. The van der Waals surface area contributed by atoms with Crippen LogP contribution in [0.15, 0.2) is 18.3 Å². The number of halogens is 1. The first-order chi connectivity index (χ1) is 7.78. The highest BCUT2D eigenvalue weighted by molar-refractivity contribution is 6.30. The Morgan fingerprint density at radius 3 is 2.88 bits per heavy atom. The predicted molar refractivity (Wildman–Crippen MR) is 67.5 cm³/mol. The van der Waals surface area contributed by atoms with Gasteiger partial charge in [0.15, 0.2) is 0 Å². The fourth-order valence-electron chi connectivity index (χ4n) is 2.11. The molecule has 0 atom stereocenters. The number of pyridine rings is 1. The maximum atomic E-state index is 5.96. The number of rotatable bonds is 5. The summed E-state index contributed by atoms with van der Waals surface area (Å²) in [5, 5.41) is 0.782. The average Bonchev–Trinajstić information content (AvgIpc) is 2.21. The van der Waals surface area contributed by atoms with E-state index in [0.717, 1.165) is 29.7 Å². The minimum atomic E-state index is 0.782. The Morgan fingerprint density at radius 2 is 2.31 bits per heavy atom. The number of nitrogens with zero attached hydrogens (tertiary/aromatic N) is 2. The molecule has 1 saturated carbocycles. The quantitative estimate of drug-likeness (QED) is 0.782. The first-order valence-corrected chi connectivity index (χ1v) is 6.48. The summed E-state index contributed by atoms with van der Waals surface area (Å²) in [4.78, 5) is 6.81. The van der Waals surface area contributed by atoms with Crippen LogP contribution in [0.3, 0.4) is 0 Å². The van der Waals surface area contributed by atoms with Crippen LogP contribution in [0.5, 0.6) is 0 Å². The number of hydrogen-bond acceptors (Lipinski definition) is 2. The zero-order valence-corrected chi connectivity index (χ0v) is 10.6. The van der Waals surface area contributed by atoms with Gasteiger partial charge in [0.05, 0.1) is 5.69 Å². The van der Waals surface area contributed by atoms with Gasteiger partial charge in [0.1, 0.15) is 0 Å². The first-order valence-electron chi connectivity index (χ1n) is 6.10. The van der Waals surface area contributed by atoms with Crippen LogP contribution in [0, 0.1) is 5.92 Å². The van der Waals surface area contributed by atoms with Crippen LogP contribution in [0.25, 0.3) is 0 Å². The molecule has 0 bridgehead atoms. The fourth-order valence-corrected chi connectivity index (χ4v) is 2.29. The maximum absolute atomic E-state index is 5.96. The van der Waals surface area contributed by atoms with Gasteiger partial charge in [0.25, 0.3) is 0 Å². The number of hydrogen-bond donors (Lipinski definition) is 0. The van der Waals surface area contributed by atoms with Gasteiger partial charge in [0, 0.05) is 24.3 Å². The van der Waals surface area contributed by atoms with E-state index >= 15 is 0 Å². The van der Waals surface area contributed by atoms with Crippen LogP contribution < -0.4 is 0 Å². The molecule has 0 spiro atoms. The minimum Gasteiger partial charge on any atom is -0.298 e. The predicted octanol–water partition coefficient (Wildman–Crippen LogP) is 3.36. The lowest BCUT2D eigenvalue weighted by Gasteiger charge is -2.31. The van der Waals surface area contributed by atoms with Gasteiger partial charge in [-0.05, 0) is 37.4 Å². The molecule has 0 saturated heterocycles. The summed E-state index contributed by atoms with van der Waals surface area (Å²) >= 11 is 5.96. The van der Waals surface area contributed by atoms with E-state index in [1.807, 2.05) is 12.1 Å². The topological polar surface area (TPSA) is 16.1 Å². The Labute approximate surface area is 103 Å². The van der Waals surface area contributed by atoms with Crippen LogP contribution in [0.1, 0.15) is 31.9 Å². The SMILES string of the molecule is CCN(Cc1cc(Cl)ccn1)CC1CCC1. The Kier molecular flexibility index (Phi) is 4.19. The molecule has 2 nitrogen and oxygen atoms in total. The van der Waals surface area contributed by atoms with Crippen molar-refractivity contribution >= 4 is 11.6 Å². The summed E-state index contributed by atoms with van der Waals surface area (Å²) < 4.78 is 0. The monoisotopic (exact) mass is 238 g/mol. The molecule has 1 aromatic rings. The Balaban J connectivity index is 1.89. The lowest BCUT2D eigenvalue weighted by atomic mass is 9.85. The van der Waals surface area contributed by atoms with Crippen LogP contribution >= 0.6 is 11.6 Å². The number of aromatic nitrogens is 1. The minimum absolute atomic E-state index is 0.782. The van der Waals surface area contributed by atoms with Crippen LogP contribution in [-0.4, -0.2) is 23.0 Å². The van der Waals surface area contributed by atoms with E-state index in [4.69, 9.17) is 11.6 Å². The molecule has 1 fully saturated rings. The molecular formula is C13H19ClN2. The maximum Gasteiger partial charge on any atom is 0.0558 e. The molecule has 0 amide bonds. The molecule has 0 aliphatic heterocycles. The lowest BCUT2D eigenvalue weighted by Crippen LogP contribution is -2.32. The average molecular weight is 239 g/mol. The highest BCUT2D eigenvalue weighted by Crippen LogP contribution is 2.27. The third-order valence-corrected chi connectivity index (χ3v) is 3.59. The second-order valence-electron chi connectivity index (χ2n) is 4.59. The van der Waals surface area contributed by atoms with Crippen molar-refractivity contribution in [2.24, 2.45) is 5.92 Å². The normalized spacial score (nSPS) is 16.4. The molecule has 1 heterocycles. The summed E-state index contributed by atoms with van der Waals surface area (Å²) in [6, 6.07) is 3.79. The van der Waals surface area contributed by atoms with E-state index in [9.17, 15) is 0 Å². The molecule has 0 N–H and O–H groups in total. The molecule has 88 valence electrons. The van der Waals surface area contributed by atoms with E-state index in [0.29, 0.717) is 0 Å². The van der Waals surface area contributed by atoms with Crippen LogP contribution in [0.2, 0.25) is 5.02 Å². The molecule has 1 aromatic heterocycles. The second kappa shape index (κ2) is 5.65. The van der Waals surface area contributed by atoms with E-state index in [1.54, 1.807) is 6.20 Å². The summed E-state index contributed by atoms with van der Waals surface area (Å²) in [7, 11) is 0. The van der Waals surface area contributed by atoms with Crippen molar-refractivity contribution < 1.29 is 0 Å². The van der Waals surface area contributed by atoms with Crippen molar-refractivity contribution in [3.8, 4) is 0 Å². The third-order valence-electron chi connectivity index (χ3n) is 3.35. The van der Waals surface area contributed by atoms with Crippen molar-refractivity contribution in [1.29, 1.82) is 0 Å². The molecule has 3 heteroatoms. The Bertz CT molecular complexity index is 336. The molecule has 1 aliphatic rings. The second-order valence-corrected chi connectivity index (χ2v) is 5.03. The summed E-state index contributed by atoms with van der Waals surface area (Å²) in [6.07, 6.45) is 6.01. The van der Waals surface area contributed by atoms with E-state index in [-0.39, 0.29) is 0 Å². The van der Waals surface area contributed by atoms with Crippen molar-refractivity contribution in [3.63, 3.8) is 0 Å². The summed E-state index contributed by atoms with van der Waals surface area (Å²) in [5.74, 6) is 0.916. The summed E-state index contributed by atoms with van der Waals surface area (Å²) in [5.41, 5.74) is 1.08. The molecule has 1 aliphatic carbocycles. The van der Waals surface area contributed by atoms with Gasteiger partial charge in [-0.25, -0.2) is 0 Å². The van der Waals surface area contributed by atoms with Gasteiger partial charge in [0.2, 0.25) is 0 Å². The molecule has 0 aromatic carbocycles. The van der Waals surface area contributed by atoms with E-state index in [2.05, 4.69) is 16.8 Å². The largest absolute Gasteiger partial charge is 0.298 e. The van der Waals surface area contributed by atoms with Crippen molar-refractivity contribution in [2.45, 2.75) is 32.7 Å². The molecular weight excluding hydrogens is 220 g/mol. The standard InChI is InChI=1S/C13H19ClN2/c1-2-16(9-11-4-3-5-11)10-13-8-12(14)6-7-15-13/h6-8,11H,2-5,9-10H2,1H3. The van der Waals surface area contributed by atoms with Gasteiger partial charge < -0.3 is 0 Å². The smallest absolute Gasteiger partial charge is 0.0558 e. The van der Waals surface area contributed by atoms with Crippen molar-refractivity contribution in [1.82, 2.24) is 9.88 Å². The zero-order chi connectivity index (χ0) is 11.4. The van der Waals surface area contributed by atoms with Gasteiger partial charge >= 0.3 is 0 Å². The van der Waals surface area contributed by atoms with Crippen LogP contribution in [-0.2, 0) is 6.54 Å². The highest BCUT2D eigenvalue weighted by atomic mass is 35.5. The highest BCUT2D eigenvalue weighted by Gasteiger charge is 2.20.